The summed E-state index contributed by atoms with van der Waals surface area (Å²) >= 11 is 0. The summed E-state index contributed by atoms with van der Waals surface area (Å²) in [5.41, 5.74) is 0. The monoisotopic (exact) mass is 181 g/mol. The first-order valence-electron chi connectivity index (χ1n) is 3.25. The summed E-state index contributed by atoms with van der Waals surface area (Å²) in [4.78, 5) is 9.98. The molecule has 6 heteroatoms. The van der Waals surface area contributed by atoms with Crippen LogP contribution in [0.1, 0.15) is 12.8 Å². The lowest BCUT2D eigenvalue weighted by Crippen LogP contribution is -2.22. The van der Waals surface area contributed by atoms with E-state index in [9.17, 15) is 4.79 Å². The fourth-order valence-corrected chi connectivity index (χ4v) is 0.673. The Hall–Kier alpha value is -0.690. The number of rotatable bonds is 5. The van der Waals surface area contributed by atoms with E-state index in [4.69, 9.17) is 20.4 Å². The van der Waals surface area contributed by atoms with E-state index in [0.29, 0.717) is 0 Å². The molecule has 0 spiro atoms. The number of aliphatic hydroxyl groups is 3. The highest BCUT2D eigenvalue weighted by atomic mass is 16.4. The van der Waals surface area contributed by atoms with Gasteiger partial charge < -0.3 is 26.6 Å². The number of hydrogen-bond acceptors (Lipinski definition) is 5. The van der Waals surface area contributed by atoms with Crippen LogP contribution in [0.5, 0.6) is 0 Å². The molecule has 2 unspecified atom stereocenters. The largest absolute Gasteiger partial charge is 0.481 e. The van der Waals surface area contributed by atoms with Crippen molar-refractivity contribution in [1.82, 2.24) is 6.15 Å². The zero-order chi connectivity index (χ0) is 8.85. The van der Waals surface area contributed by atoms with Gasteiger partial charge in [0.25, 0.3) is 0 Å². The van der Waals surface area contributed by atoms with Crippen molar-refractivity contribution in [2.24, 2.45) is 0 Å². The summed E-state index contributed by atoms with van der Waals surface area (Å²) < 4.78 is 0. The van der Waals surface area contributed by atoms with E-state index in [1.54, 1.807) is 0 Å². The lowest BCUT2D eigenvalue weighted by atomic mass is 10.1. The molecule has 0 aromatic rings. The van der Waals surface area contributed by atoms with Crippen LogP contribution in [-0.2, 0) is 4.79 Å². The normalized spacial score (nSPS) is 14.6. The van der Waals surface area contributed by atoms with Crippen LogP contribution in [0.3, 0.4) is 0 Å². The third-order valence-electron chi connectivity index (χ3n) is 1.17. The predicted octanol–water partition coefficient (Wildman–Crippen LogP) is -1.27. The van der Waals surface area contributed by atoms with Gasteiger partial charge in [-0.1, -0.05) is 0 Å². The Morgan fingerprint density at radius 3 is 2.08 bits per heavy atom. The van der Waals surface area contributed by atoms with Crippen LogP contribution in [0.15, 0.2) is 0 Å². The summed E-state index contributed by atoms with van der Waals surface area (Å²) in [6, 6.07) is 0. The molecule has 6 nitrogen and oxygen atoms in total. The molecule has 0 saturated heterocycles. The smallest absolute Gasteiger partial charge is 0.305 e. The second-order valence-corrected chi connectivity index (χ2v) is 2.32. The second-order valence-electron chi connectivity index (χ2n) is 2.32. The van der Waals surface area contributed by atoms with Crippen molar-refractivity contribution >= 4 is 5.97 Å². The molecular weight excluding hydrogens is 166 g/mol. The Balaban J connectivity index is 0. The standard InChI is InChI=1S/C6H12O5.H3N/c7-3-5(9)1-4(8)2-6(10)11;/h4-5,7-9H,1-3H2,(H,10,11);1H3. The van der Waals surface area contributed by atoms with Crippen LogP contribution in [0.4, 0.5) is 0 Å². The van der Waals surface area contributed by atoms with E-state index in [1.807, 2.05) is 0 Å². The zero-order valence-electron chi connectivity index (χ0n) is 6.68. The van der Waals surface area contributed by atoms with Crippen LogP contribution >= 0.6 is 0 Å². The lowest BCUT2D eigenvalue weighted by molar-refractivity contribution is -0.139. The molecular formula is C6H15NO5. The van der Waals surface area contributed by atoms with Crippen LogP contribution in [0, 0.1) is 0 Å². The van der Waals surface area contributed by atoms with Crippen LogP contribution in [0.25, 0.3) is 0 Å². The number of aliphatic hydroxyl groups excluding tert-OH is 3. The zero-order valence-corrected chi connectivity index (χ0v) is 6.68. The van der Waals surface area contributed by atoms with Gasteiger partial charge in [0, 0.05) is 6.42 Å². The quantitative estimate of drug-likeness (QED) is 0.359. The molecule has 0 bridgehead atoms. The Labute approximate surface area is 70.0 Å². The first kappa shape index (κ1) is 13.9. The van der Waals surface area contributed by atoms with Crippen molar-refractivity contribution < 1.29 is 25.2 Å². The first-order valence-corrected chi connectivity index (χ1v) is 3.25. The van der Waals surface area contributed by atoms with E-state index in [0.717, 1.165) is 0 Å². The molecule has 7 N–H and O–H groups in total. The van der Waals surface area contributed by atoms with E-state index in [2.05, 4.69) is 0 Å². The van der Waals surface area contributed by atoms with Gasteiger partial charge in [0.2, 0.25) is 0 Å². The average Bonchev–Trinajstić information content (AvgIpc) is 1.85. The van der Waals surface area contributed by atoms with Crippen molar-refractivity contribution in [3.8, 4) is 0 Å². The Morgan fingerprint density at radius 2 is 1.75 bits per heavy atom. The minimum atomic E-state index is -1.12. The highest BCUT2D eigenvalue weighted by Crippen LogP contribution is 2.01. The van der Waals surface area contributed by atoms with E-state index in [-0.39, 0.29) is 12.6 Å². The molecule has 0 aliphatic carbocycles. The van der Waals surface area contributed by atoms with Crippen molar-refractivity contribution in [2.75, 3.05) is 6.61 Å². The highest BCUT2D eigenvalue weighted by molar-refractivity contribution is 5.67. The molecule has 0 amide bonds. The molecule has 0 aliphatic rings. The van der Waals surface area contributed by atoms with Gasteiger partial charge in [-0.3, -0.25) is 4.79 Å². The maximum atomic E-state index is 9.98. The molecule has 12 heavy (non-hydrogen) atoms. The van der Waals surface area contributed by atoms with Crippen LogP contribution < -0.4 is 6.15 Å². The predicted molar refractivity (Wildman–Crippen MR) is 41.0 cm³/mol. The molecule has 0 fully saturated rings. The maximum absolute atomic E-state index is 9.98. The van der Waals surface area contributed by atoms with E-state index < -0.39 is 31.2 Å². The fourth-order valence-electron chi connectivity index (χ4n) is 0.673. The Morgan fingerprint density at radius 1 is 1.25 bits per heavy atom. The van der Waals surface area contributed by atoms with Crippen molar-refractivity contribution in [3.05, 3.63) is 0 Å². The number of carboxylic acids is 1. The number of carbonyl (C=O) groups is 1. The molecule has 0 radical (unpaired) electrons. The Kier molecular flexibility index (Phi) is 8.07. The lowest BCUT2D eigenvalue weighted by Gasteiger charge is -2.10. The summed E-state index contributed by atoms with van der Waals surface area (Å²) in [6.07, 6.45) is -2.64. The van der Waals surface area contributed by atoms with Gasteiger partial charge in [-0.15, -0.1) is 0 Å². The molecule has 74 valence electrons. The molecule has 0 heterocycles. The number of carboxylic acid groups (broad SMARTS) is 1. The third-order valence-corrected chi connectivity index (χ3v) is 1.17. The van der Waals surface area contributed by atoms with Gasteiger partial charge in [0.05, 0.1) is 25.2 Å². The van der Waals surface area contributed by atoms with Crippen LogP contribution in [0.2, 0.25) is 0 Å². The average molecular weight is 181 g/mol. The third kappa shape index (κ3) is 7.42. The van der Waals surface area contributed by atoms with Crippen molar-refractivity contribution in [3.63, 3.8) is 0 Å². The fraction of sp³-hybridized carbons (Fsp3) is 0.833. The SMILES string of the molecule is N.O=C(O)CC(O)CC(O)CO. The molecule has 0 aliphatic heterocycles. The number of hydrogen-bond donors (Lipinski definition) is 5. The number of aliphatic carboxylic acids is 1. The molecule has 2 atom stereocenters. The summed E-state index contributed by atoms with van der Waals surface area (Å²) in [5.74, 6) is -1.12. The highest BCUT2D eigenvalue weighted by Gasteiger charge is 2.13. The molecule has 0 aromatic heterocycles. The summed E-state index contributed by atoms with van der Waals surface area (Å²) in [5, 5.41) is 34.1. The summed E-state index contributed by atoms with van der Waals surface area (Å²) in [6.45, 7) is -0.462. The minimum Gasteiger partial charge on any atom is -0.481 e. The van der Waals surface area contributed by atoms with Gasteiger partial charge in [-0.05, 0) is 0 Å². The molecule has 0 saturated carbocycles. The maximum Gasteiger partial charge on any atom is 0.305 e. The summed E-state index contributed by atoms with van der Waals surface area (Å²) in [7, 11) is 0. The van der Waals surface area contributed by atoms with E-state index in [1.165, 1.54) is 0 Å². The topological polar surface area (TPSA) is 133 Å². The molecule has 0 aromatic carbocycles. The van der Waals surface area contributed by atoms with Crippen molar-refractivity contribution in [2.45, 2.75) is 25.0 Å². The Bertz CT molecular complexity index is 129. The van der Waals surface area contributed by atoms with Crippen LogP contribution in [-0.4, -0.2) is 45.2 Å². The van der Waals surface area contributed by atoms with Gasteiger partial charge in [0.1, 0.15) is 0 Å². The van der Waals surface area contributed by atoms with Gasteiger partial charge >= 0.3 is 5.97 Å². The minimum absolute atomic E-state index is 0. The first-order chi connectivity index (χ1) is 5.06. The molecule has 0 rings (SSSR count). The van der Waals surface area contributed by atoms with Crippen molar-refractivity contribution in [1.29, 1.82) is 0 Å². The van der Waals surface area contributed by atoms with Gasteiger partial charge in [-0.25, -0.2) is 0 Å². The van der Waals surface area contributed by atoms with E-state index >= 15 is 0 Å². The van der Waals surface area contributed by atoms with Gasteiger partial charge in [-0.2, -0.15) is 0 Å². The van der Waals surface area contributed by atoms with Gasteiger partial charge in [0.15, 0.2) is 0 Å². The second kappa shape index (κ2) is 6.99.